The van der Waals surface area contributed by atoms with Crippen molar-refractivity contribution in [1.82, 2.24) is 0 Å². The van der Waals surface area contributed by atoms with Gasteiger partial charge in [-0.1, -0.05) is 6.07 Å². The van der Waals surface area contributed by atoms with Crippen molar-refractivity contribution >= 4 is 0 Å². The van der Waals surface area contributed by atoms with Crippen molar-refractivity contribution < 1.29 is 32.6 Å². The summed E-state index contributed by atoms with van der Waals surface area (Å²) < 4.78 is 0. The monoisotopic (exact) mass is 350 g/mol. The molecule has 0 aliphatic heterocycles. The third-order valence-corrected chi connectivity index (χ3v) is 1.47. The molecule has 4 N–H and O–H groups in total. The predicted molar refractivity (Wildman–Crippen MR) is 42.5 cm³/mol. The minimum absolute atomic E-state index is 0. The van der Waals surface area contributed by atoms with Gasteiger partial charge in [-0.2, -0.15) is 0 Å². The van der Waals surface area contributed by atoms with Gasteiger partial charge in [-0.05, 0) is 30.7 Å². The number of rotatable bonds is 2. The number of hydrogen-bond acceptors (Lipinski definition) is 3. The Morgan fingerprint density at radius 3 is 2.33 bits per heavy atom. The maximum Gasteiger partial charge on any atom is 0.157 e. The summed E-state index contributed by atoms with van der Waals surface area (Å²) in [6.07, 6.45) is 0.716. The van der Waals surface area contributed by atoms with Crippen LogP contribution in [0.1, 0.15) is 5.56 Å². The number of nitrogens with two attached hydrogens (primary N) is 1. The van der Waals surface area contributed by atoms with Gasteiger partial charge in [0.15, 0.2) is 11.5 Å². The first-order valence-corrected chi connectivity index (χ1v) is 3.45. The van der Waals surface area contributed by atoms with Gasteiger partial charge >= 0.3 is 0 Å². The topological polar surface area (TPSA) is 66.5 Å². The number of phenolic OH excluding ortho intramolecular Hbond substituents is 2. The second kappa shape index (κ2) is 5.22. The van der Waals surface area contributed by atoms with Gasteiger partial charge in [0, 0.05) is 22.4 Å². The van der Waals surface area contributed by atoms with Crippen molar-refractivity contribution in [3.8, 4) is 11.5 Å². The van der Waals surface area contributed by atoms with Crippen LogP contribution in [0.3, 0.4) is 0 Å². The van der Waals surface area contributed by atoms with E-state index in [2.05, 4.69) is 0 Å². The molecule has 0 atom stereocenters. The molecular weight excluding hydrogens is 339 g/mol. The van der Waals surface area contributed by atoms with Crippen LogP contribution in [0, 0.1) is 0 Å². The molecule has 1 radical (unpaired) electrons. The van der Waals surface area contributed by atoms with Gasteiger partial charge < -0.3 is 15.9 Å². The fourth-order valence-corrected chi connectivity index (χ4v) is 0.891. The fourth-order valence-electron chi connectivity index (χ4n) is 0.891. The smallest absolute Gasteiger partial charge is 0.157 e. The van der Waals surface area contributed by atoms with Gasteiger partial charge in [0.05, 0.1) is 0 Å². The van der Waals surface area contributed by atoms with E-state index in [9.17, 15) is 0 Å². The van der Waals surface area contributed by atoms with Crippen LogP contribution in [0.2, 0.25) is 0 Å². The van der Waals surface area contributed by atoms with Crippen LogP contribution in [-0.4, -0.2) is 16.8 Å². The zero-order valence-corrected chi connectivity index (χ0v) is 8.59. The van der Waals surface area contributed by atoms with Gasteiger partial charge in [0.25, 0.3) is 0 Å². The van der Waals surface area contributed by atoms with E-state index < -0.39 is 0 Å². The summed E-state index contributed by atoms with van der Waals surface area (Å²) in [4.78, 5) is 0. The Morgan fingerprint density at radius 1 is 1.17 bits per heavy atom. The minimum atomic E-state index is -0.0919. The largest absolute Gasteiger partial charge is 0.504 e. The average Bonchev–Trinajstić information content (AvgIpc) is 1.98. The Balaban J connectivity index is 0.00000121. The maximum absolute atomic E-state index is 9.04. The van der Waals surface area contributed by atoms with E-state index in [0.717, 1.165) is 5.56 Å². The molecule has 0 saturated heterocycles. The average molecular weight is 350 g/mol. The third-order valence-electron chi connectivity index (χ3n) is 1.47. The van der Waals surface area contributed by atoms with Crippen LogP contribution < -0.4 is 5.73 Å². The van der Waals surface area contributed by atoms with E-state index in [1.54, 1.807) is 6.07 Å². The van der Waals surface area contributed by atoms with Crippen LogP contribution in [0.15, 0.2) is 18.2 Å². The van der Waals surface area contributed by atoms with Crippen LogP contribution in [0.25, 0.3) is 0 Å². The summed E-state index contributed by atoms with van der Waals surface area (Å²) in [5, 5.41) is 18.0. The van der Waals surface area contributed by atoms with Gasteiger partial charge in [0.2, 0.25) is 0 Å². The van der Waals surface area contributed by atoms with Crippen molar-refractivity contribution in [2.24, 2.45) is 5.73 Å². The number of benzene rings is 1. The summed E-state index contributed by atoms with van der Waals surface area (Å²) in [5.74, 6) is -0.179. The van der Waals surface area contributed by atoms with Crippen molar-refractivity contribution in [3.63, 3.8) is 0 Å². The molecule has 0 aliphatic rings. The van der Waals surface area contributed by atoms with Gasteiger partial charge in [0.1, 0.15) is 0 Å². The second-order valence-electron chi connectivity index (χ2n) is 2.36. The van der Waals surface area contributed by atoms with Gasteiger partial charge in [-0.15, -0.1) is 0 Å². The molecule has 0 heterocycles. The Bertz CT molecular complexity index is 253. The summed E-state index contributed by atoms with van der Waals surface area (Å²) in [7, 11) is 0. The Labute approximate surface area is 86.7 Å². The molecule has 0 fully saturated rings. The molecule has 0 aliphatic carbocycles. The van der Waals surface area contributed by atoms with Crippen molar-refractivity contribution in [1.29, 1.82) is 0 Å². The molecule has 4 heteroatoms. The fraction of sp³-hybridized carbons (Fsp3) is 0.250. The first kappa shape index (κ1) is 11.5. The summed E-state index contributed by atoms with van der Waals surface area (Å²) in [6.45, 7) is 0.546. The standard InChI is InChI=1S/C8H11NO2.Au/c9-4-3-6-1-2-7(10)8(11)5-6;/h1-2,5,10-11H,3-4,9H2;. The van der Waals surface area contributed by atoms with Crippen molar-refractivity contribution in [2.75, 3.05) is 6.54 Å². The molecule has 3 nitrogen and oxygen atoms in total. The molecule has 0 unspecified atom stereocenters. The van der Waals surface area contributed by atoms with E-state index in [4.69, 9.17) is 15.9 Å². The molecule has 0 amide bonds. The molecule has 0 bridgehead atoms. The first-order valence-electron chi connectivity index (χ1n) is 3.45. The maximum atomic E-state index is 9.04. The molecule has 0 aromatic heterocycles. The Morgan fingerprint density at radius 2 is 1.83 bits per heavy atom. The second-order valence-corrected chi connectivity index (χ2v) is 2.36. The van der Waals surface area contributed by atoms with Gasteiger partial charge in [-0.3, -0.25) is 0 Å². The van der Waals surface area contributed by atoms with Gasteiger partial charge in [-0.25, -0.2) is 0 Å². The van der Waals surface area contributed by atoms with Crippen LogP contribution in [0.5, 0.6) is 11.5 Å². The molecule has 1 aromatic rings. The van der Waals surface area contributed by atoms with Crippen molar-refractivity contribution in [3.05, 3.63) is 23.8 Å². The number of hydrogen-bond donors (Lipinski definition) is 3. The molecule has 12 heavy (non-hydrogen) atoms. The Kier molecular flexibility index (Phi) is 5.01. The zero-order chi connectivity index (χ0) is 8.27. The van der Waals surface area contributed by atoms with E-state index in [-0.39, 0.29) is 33.9 Å². The third kappa shape index (κ3) is 2.87. The molecule has 1 aromatic carbocycles. The van der Waals surface area contributed by atoms with Crippen LogP contribution in [0.4, 0.5) is 0 Å². The van der Waals surface area contributed by atoms with Crippen LogP contribution >= 0.6 is 0 Å². The normalized spacial score (nSPS) is 9.08. The molecule has 0 spiro atoms. The van der Waals surface area contributed by atoms with E-state index in [1.165, 1.54) is 12.1 Å². The SMILES string of the molecule is NCCc1ccc(O)c(O)c1.[Au]. The number of phenols is 2. The molecule has 0 saturated carbocycles. The van der Waals surface area contributed by atoms with Crippen LogP contribution in [-0.2, 0) is 28.8 Å². The molecular formula is C8H11AuNO2. The van der Waals surface area contributed by atoms with E-state index in [0.29, 0.717) is 13.0 Å². The van der Waals surface area contributed by atoms with E-state index >= 15 is 0 Å². The Hall–Kier alpha value is -0.480. The summed E-state index contributed by atoms with van der Waals surface area (Å²) in [6, 6.07) is 4.71. The first-order chi connectivity index (χ1) is 5.24. The molecule has 1 rings (SSSR count). The minimum Gasteiger partial charge on any atom is -0.504 e. The molecule has 71 valence electrons. The number of aromatic hydroxyl groups is 2. The quantitative estimate of drug-likeness (QED) is 0.541. The van der Waals surface area contributed by atoms with E-state index in [1.807, 2.05) is 0 Å². The summed E-state index contributed by atoms with van der Waals surface area (Å²) >= 11 is 0. The summed E-state index contributed by atoms with van der Waals surface area (Å²) in [5.41, 5.74) is 6.24. The van der Waals surface area contributed by atoms with Crippen molar-refractivity contribution in [2.45, 2.75) is 6.42 Å². The predicted octanol–water partition coefficient (Wildman–Crippen LogP) is 0.596. The zero-order valence-electron chi connectivity index (χ0n) is 6.42.